The molecule has 2 aromatic heterocycles. The molecule has 0 spiro atoms. The van der Waals surface area contributed by atoms with Crippen molar-refractivity contribution in [2.45, 2.75) is 5.16 Å². The smallest absolute Gasteiger partial charge is 0.316 e. The van der Waals surface area contributed by atoms with Crippen molar-refractivity contribution >= 4 is 29.1 Å². The van der Waals surface area contributed by atoms with Gasteiger partial charge in [-0.25, -0.2) is 0 Å². The van der Waals surface area contributed by atoms with Crippen LogP contribution >= 0.6 is 23.1 Å². The van der Waals surface area contributed by atoms with Gasteiger partial charge in [0, 0.05) is 0 Å². The van der Waals surface area contributed by atoms with Crippen LogP contribution in [0, 0.1) is 0 Å². The van der Waals surface area contributed by atoms with Crippen LogP contribution in [0.2, 0.25) is 0 Å². The van der Waals surface area contributed by atoms with Crippen molar-refractivity contribution in [1.82, 2.24) is 14.8 Å². The van der Waals surface area contributed by atoms with E-state index in [2.05, 4.69) is 10.2 Å². The van der Waals surface area contributed by atoms with Crippen molar-refractivity contribution in [3.63, 3.8) is 0 Å². The first-order valence-electron chi connectivity index (χ1n) is 7.06. The summed E-state index contributed by atoms with van der Waals surface area (Å²) in [4.78, 5) is 12.4. The van der Waals surface area contributed by atoms with Crippen LogP contribution in [-0.4, -0.2) is 40.7 Å². The molecule has 3 rings (SSSR count). The van der Waals surface area contributed by atoms with Crippen LogP contribution in [0.15, 0.2) is 46.9 Å². The predicted octanol–water partition coefficient (Wildman–Crippen LogP) is 3.27. The molecule has 0 aliphatic rings. The van der Waals surface area contributed by atoms with E-state index in [4.69, 9.17) is 9.47 Å². The van der Waals surface area contributed by atoms with Gasteiger partial charge in [-0.1, -0.05) is 17.8 Å². The van der Waals surface area contributed by atoms with Crippen molar-refractivity contribution in [2.75, 3.05) is 20.0 Å². The zero-order chi connectivity index (χ0) is 16.9. The lowest BCUT2D eigenvalue weighted by Gasteiger charge is -2.10. The molecule has 0 atom stereocenters. The summed E-state index contributed by atoms with van der Waals surface area (Å²) in [5.41, 5.74) is 0.900. The summed E-state index contributed by atoms with van der Waals surface area (Å²) in [6.07, 6.45) is 0. The molecule has 0 aliphatic heterocycles. The standard InChI is InChI=1S/C16H15N3O3S2/c1-21-12-7-5-11(6-8-12)19-15(13-4-3-9-23-13)17-18-16(19)24-10-14(20)22-2/h3-9H,10H2,1-2H3. The second kappa shape index (κ2) is 7.50. The summed E-state index contributed by atoms with van der Waals surface area (Å²) in [5, 5.41) is 11.2. The van der Waals surface area contributed by atoms with Gasteiger partial charge in [-0.05, 0) is 35.7 Å². The van der Waals surface area contributed by atoms with Crippen LogP contribution < -0.4 is 4.74 Å². The molecule has 0 N–H and O–H groups in total. The Labute approximate surface area is 147 Å². The fourth-order valence-corrected chi connectivity index (χ4v) is 3.56. The fraction of sp³-hybridized carbons (Fsp3) is 0.188. The average Bonchev–Trinajstić information content (AvgIpc) is 3.28. The highest BCUT2D eigenvalue weighted by molar-refractivity contribution is 7.99. The van der Waals surface area contributed by atoms with E-state index < -0.39 is 0 Å². The molecule has 0 amide bonds. The van der Waals surface area contributed by atoms with Gasteiger partial charge in [0.1, 0.15) is 5.75 Å². The van der Waals surface area contributed by atoms with E-state index in [1.807, 2.05) is 46.3 Å². The highest BCUT2D eigenvalue weighted by Gasteiger charge is 2.18. The van der Waals surface area contributed by atoms with Crippen molar-refractivity contribution in [1.29, 1.82) is 0 Å². The number of rotatable bonds is 6. The Morgan fingerprint density at radius 3 is 2.62 bits per heavy atom. The Kier molecular flexibility index (Phi) is 5.17. The second-order valence-corrected chi connectivity index (χ2v) is 6.57. The van der Waals surface area contributed by atoms with Crippen LogP contribution in [-0.2, 0) is 9.53 Å². The zero-order valence-electron chi connectivity index (χ0n) is 13.1. The topological polar surface area (TPSA) is 66.2 Å². The van der Waals surface area contributed by atoms with Crippen LogP contribution in [0.5, 0.6) is 5.75 Å². The lowest BCUT2D eigenvalue weighted by molar-refractivity contribution is -0.137. The van der Waals surface area contributed by atoms with Gasteiger partial charge in [-0.15, -0.1) is 21.5 Å². The van der Waals surface area contributed by atoms with Gasteiger partial charge < -0.3 is 9.47 Å². The third kappa shape index (κ3) is 3.44. The fourth-order valence-electron chi connectivity index (χ4n) is 2.08. The molecular formula is C16H15N3O3S2. The molecular weight excluding hydrogens is 346 g/mol. The van der Waals surface area contributed by atoms with Crippen LogP contribution in [0.3, 0.4) is 0 Å². The largest absolute Gasteiger partial charge is 0.497 e. The Balaban J connectivity index is 2.01. The van der Waals surface area contributed by atoms with E-state index in [0.717, 1.165) is 22.1 Å². The van der Waals surface area contributed by atoms with Gasteiger partial charge in [-0.2, -0.15) is 0 Å². The number of ether oxygens (including phenoxy) is 2. The summed E-state index contributed by atoms with van der Waals surface area (Å²) in [7, 11) is 3.00. The molecule has 0 bridgehead atoms. The number of hydrogen-bond acceptors (Lipinski definition) is 7. The molecule has 0 fully saturated rings. The minimum Gasteiger partial charge on any atom is -0.497 e. The molecule has 0 saturated heterocycles. The summed E-state index contributed by atoms with van der Waals surface area (Å²) in [6.45, 7) is 0. The number of benzene rings is 1. The number of hydrogen-bond donors (Lipinski definition) is 0. The number of thioether (sulfide) groups is 1. The Bertz CT molecular complexity index is 814. The minimum atomic E-state index is -0.304. The van der Waals surface area contributed by atoms with Crippen molar-refractivity contribution in [3.05, 3.63) is 41.8 Å². The lowest BCUT2D eigenvalue weighted by atomic mass is 10.3. The van der Waals surface area contributed by atoms with Crippen LogP contribution in [0.1, 0.15) is 0 Å². The highest BCUT2D eigenvalue weighted by Crippen LogP contribution is 2.31. The van der Waals surface area contributed by atoms with Crippen molar-refractivity contribution < 1.29 is 14.3 Å². The third-order valence-electron chi connectivity index (χ3n) is 3.25. The van der Waals surface area contributed by atoms with Gasteiger partial charge in [0.25, 0.3) is 0 Å². The van der Waals surface area contributed by atoms with E-state index in [1.54, 1.807) is 18.4 Å². The van der Waals surface area contributed by atoms with Crippen LogP contribution in [0.25, 0.3) is 16.4 Å². The van der Waals surface area contributed by atoms with E-state index in [-0.39, 0.29) is 11.7 Å². The van der Waals surface area contributed by atoms with Crippen molar-refractivity contribution in [3.8, 4) is 22.1 Å². The molecule has 8 heteroatoms. The number of esters is 1. The molecule has 124 valence electrons. The SMILES string of the molecule is COC(=O)CSc1nnc(-c2cccs2)n1-c1ccc(OC)cc1. The molecule has 6 nitrogen and oxygen atoms in total. The summed E-state index contributed by atoms with van der Waals surface area (Å²) in [5.74, 6) is 1.38. The summed E-state index contributed by atoms with van der Waals surface area (Å²) >= 11 is 2.88. The van der Waals surface area contributed by atoms with Crippen molar-refractivity contribution in [2.24, 2.45) is 0 Å². The van der Waals surface area contributed by atoms with E-state index in [0.29, 0.717) is 5.16 Å². The monoisotopic (exact) mass is 361 g/mol. The number of carbonyl (C=O) groups is 1. The van der Waals surface area contributed by atoms with Gasteiger partial charge in [0.15, 0.2) is 11.0 Å². The Morgan fingerprint density at radius 1 is 1.21 bits per heavy atom. The average molecular weight is 361 g/mol. The molecule has 0 saturated carbocycles. The van der Waals surface area contributed by atoms with E-state index >= 15 is 0 Å². The first-order valence-corrected chi connectivity index (χ1v) is 8.93. The number of carbonyl (C=O) groups excluding carboxylic acids is 1. The molecule has 0 unspecified atom stereocenters. The van der Waals surface area contributed by atoms with Crippen LogP contribution in [0.4, 0.5) is 0 Å². The van der Waals surface area contributed by atoms with Gasteiger partial charge >= 0.3 is 5.97 Å². The molecule has 0 radical (unpaired) electrons. The first kappa shape index (κ1) is 16.5. The quantitative estimate of drug-likeness (QED) is 0.496. The predicted molar refractivity (Wildman–Crippen MR) is 94.0 cm³/mol. The third-order valence-corrected chi connectivity index (χ3v) is 5.02. The number of thiophene rings is 1. The van der Waals surface area contributed by atoms with E-state index in [1.165, 1.54) is 18.9 Å². The normalized spacial score (nSPS) is 10.6. The van der Waals surface area contributed by atoms with Gasteiger partial charge in [0.05, 0.1) is 30.5 Å². The molecule has 1 aromatic carbocycles. The number of methoxy groups -OCH3 is 2. The maximum absolute atomic E-state index is 11.4. The number of aromatic nitrogens is 3. The van der Waals surface area contributed by atoms with E-state index in [9.17, 15) is 4.79 Å². The minimum absolute atomic E-state index is 0.176. The van der Waals surface area contributed by atoms with Gasteiger partial charge in [-0.3, -0.25) is 9.36 Å². The Morgan fingerprint density at radius 2 is 2.00 bits per heavy atom. The highest BCUT2D eigenvalue weighted by atomic mass is 32.2. The second-order valence-electron chi connectivity index (χ2n) is 4.68. The maximum Gasteiger partial charge on any atom is 0.316 e. The molecule has 2 heterocycles. The molecule has 24 heavy (non-hydrogen) atoms. The lowest BCUT2D eigenvalue weighted by Crippen LogP contribution is -2.05. The Hall–Kier alpha value is -2.32. The zero-order valence-corrected chi connectivity index (χ0v) is 14.8. The number of nitrogens with zero attached hydrogens (tertiary/aromatic N) is 3. The maximum atomic E-state index is 11.4. The van der Waals surface area contributed by atoms with Gasteiger partial charge in [0.2, 0.25) is 0 Å². The molecule has 3 aromatic rings. The molecule has 0 aliphatic carbocycles. The summed E-state index contributed by atoms with van der Waals surface area (Å²) < 4.78 is 11.8. The summed E-state index contributed by atoms with van der Waals surface area (Å²) in [6, 6.07) is 11.6. The first-order chi connectivity index (χ1) is 11.7.